The predicted molar refractivity (Wildman–Crippen MR) is 154 cm³/mol. The minimum absolute atomic E-state index is 0.0135. The Balaban J connectivity index is 2.12. The summed E-state index contributed by atoms with van der Waals surface area (Å²) in [6, 6.07) is 15.9. The van der Waals surface area contributed by atoms with Gasteiger partial charge in [-0.25, -0.2) is 19.4 Å². The molecule has 0 aromatic heterocycles. The van der Waals surface area contributed by atoms with Crippen LogP contribution in [0.5, 0.6) is 0 Å². The molecule has 0 spiro atoms. The molecule has 0 radical (unpaired) electrons. The number of amides is 2. The van der Waals surface area contributed by atoms with Crippen LogP contribution in [0.3, 0.4) is 0 Å². The Bertz CT molecular complexity index is 1180. The summed E-state index contributed by atoms with van der Waals surface area (Å²) in [4.78, 5) is 40.3. The highest BCUT2D eigenvalue weighted by atomic mass is 28.4. The molecule has 3 atom stereocenters. The smallest absolute Gasteiger partial charge is 0.430 e. The van der Waals surface area contributed by atoms with Crippen LogP contribution in [-0.2, 0) is 25.3 Å². The normalized spacial score (nSPS) is 19.9. The van der Waals surface area contributed by atoms with Crippen molar-refractivity contribution in [3.05, 3.63) is 71.8 Å². The van der Waals surface area contributed by atoms with E-state index in [1.165, 1.54) is 0 Å². The van der Waals surface area contributed by atoms with Crippen molar-refractivity contribution in [2.24, 2.45) is 0 Å². The van der Waals surface area contributed by atoms with Gasteiger partial charge in [0.1, 0.15) is 12.2 Å². The van der Waals surface area contributed by atoms with Gasteiger partial charge >= 0.3 is 18.2 Å². The van der Waals surface area contributed by atoms with Crippen LogP contribution in [0.2, 0.25) is 18.1 Å². The molecule has 9 nitrogen and oxygen atoms in total. The van der Waals surface area contributed by atoms with Gasteiger partial charge in [0.25, 0.3) is 0 Å². The van der Waals surface area contributed by atoms with E-state index in [0.717, 1.165) is 15.6 Å². The molecule has 1 saturated heterocycles. The third-order valence-corrected chi connectivity index (χ3v) is 11.9. The van der Waals surface area contributed by atoms with Crippen LogP contribution in [0.15, 0.2) is 60.7 Å². The van der Waals surface area contributed by atoms with E-state index in [1.807, 2.05) is 36.4 Å². The molecule has 1 aliphatic rings. The SMILES string of the molecule is CC(C)(C)OC(=O)N1[C@@H](C(=O)O)[C@H](c2ccccc2)[C@@H](CO[Si](C)(C)C(C)(C)C)N1C(=O)OCc1ccccc1. The Morgan fingerprint density at radius 3 is 1.90 bits per heavy atom. The monoisotopic (exact) mass is 570 g/mol. The average molecular weight is 571 g/mol. The summed E-state index contributed by atoms with van der Waals surface area (Å²) in [6.07, 6.45) is -1.81. The summed E-state index contributed by atoms with van der Waals surface area (Å²) >= 11 is 0. The molecule has 2 aromatic rings. The number of carboxylic acid groups (broad SMARTS) is 1. The molecule has 1 fully saturated rings. The Labute approximate surface area is 238 Å². The third kappa shape index (κ3) is 7.22. The lowest BCUT2D eigenvalue weighted by atomic mass is 9.87. The van der Waals surface area contributed by atoms with Gasteiger partial charge in [-0.15, -0.1) is 0 Å². The highest BCUT2D eigenvalue weighted by molar-refractivity contribution is 6.74. The fraction of sp³-hybridized carbons (Fsp3) is 0.500. The molecular formula is C30H42N2O7Si. The van der Waals surface area contributed by atoms with Crippen molar-refractivity contribution in [1.82, 2.24) is 10.0 Å². The van der Waals surface area contributed by atoms with E-state index in [1.54, 1.807) is 45.0 Å². The van der Waals surface area contributed by atoms with E-state index in [4.69, 9.17) is 13.9 Å². The molecule has 0 unspecified atom stereocenters. The molecule has 1 aliphatic heterocycles. The van der Waals surface area contributed by atoms with Crippen molar-refractivity contribution >= 4 is 26.5 Å². The van der Waals surface area contributed by atoms with Gasteiger partial charge in [-0.05, 0) is 50.0 Å². The zero-order valence-corrected chi connectivity index (χ0v) is 25.7. The van der Waals surface area contributed by atoms with E-state index in [-0.39, 0.29) is 18.3 Å². The molecule has 3 rings (SSSR count). The second kappa shape index (κ2) is 12.0. The van der Waals surface area contributed by atoms with Crippen molar-refractivity contribution in [1.29, 1.82) is 0 Å². The molecule has 0 saturated carbocycles. The molecular weight excluding hydrogens is 528 g/mol. The van der Waals surface area contributed by atoms with Gasteiger partial charge in [-0.1, -0.05) is 81.4 Å². The first kappa shape index (κ1) is 31.2. The van der Waals surface area contributed by atoms with Gasteiger partial charge in [0.05, 0.1) is 12.6 Å². The molecule has 1 N–H and O–H groups in total. The average Bonchev–Trinajstić information content (AvgIpc) is 3.21. The number of carbonyl (C=O) groups excluding carboxylic acids is 2. The fourth-order valence-electron chi connectivity index (χ4n) is 4.35. The lowest BCUT2D eigenvalue weighted by molar-refractivity contribution is -0.146. The highest BCUT2D eigenvalue weighted by Gasteiger charge is 2.58. The molecule has 40 heavy (non-hydrogen) atoms. The van der Waals surface area contributed by atoms with E-state index in [0.29, 0.717) is 5.56 Å². The topological polar surface area (TPSA) is 106 Å². The third-order valence-electron chi connectivity index (χ3n) is 7.40. The van der Waals surface area contributed by atoms with Crippen LogP contribution in [0.25, 0.3) is 0 Å². The van der Waals surface area contributed by atoms with Crippen LogP contribution in [0.4, 0.5) is 9.59 Å². The standard InChI is InChI=1S/C30H42N2O7Si/c1-29(2,3)39-28(36)32-25(26(33)34)24(22-17-13-10-14-18-22)23(20-38-40(7,8)30(4,5)6)31(32)27(35)37-19-21-15-11-9-12-16-21/h9-18,23-25H,19-20H2,1-8H3,(H,33,34)/t23-,24-,25-/m1/s1. The number of nitrogens with zero attached hydrogens (tertiary/aromatic N) is 2. The summed E-state index contributed by atoms with van der Waals surface area (Å²) < 4.78 is 17.8. The fourth-order valence-corrected chi connectivity index (χ4v) is 5.37. The Hall–Kier alpha value is -3.37. The van der Waals surface area contributed by atoms with Crippen molar-refractivity contribution < 1.29 is 33.4 Å². The second-order valence-corrected chi connectivity index (χ2v) is 17.4. The number of hydrazine groups is 1. The van der Waals surface area contributed by atoms with Crippen LogP contribution in [-0.4, -0.2) is 65.9 Å². The van der Waals surface area contributed by atoms with Gasteiger partial charge < -0.3 is 19.0 Å². The van der Waals surface area contributed by atoms with Crippen LogP contribution < -0.4 is 0 Å². The van der Waals surface area contributed by atoms with Gasteiger partial charge in [-0.3, -0.25) is 0 Å². The van der Waals surface area contributed by atoms with E-state index < -0.39 is 50.1 Å². The molecule has 2 amide bonds. The molecule has 218 valence electrons. The Kier molecular flexibility index (Phi) is 9.36. The maximum absolute atomic E-state index is 13.8. The maximum atomic E-state index is 13.8. The van der Waals surface area contributed by atoms with E-state index >= 15 is 0 Å². The number of carbonyl (C=O) groups is 3. The Morgan fingerprint density at radius 1 is 0.850 bits per heavy atom. The van der Waals surface area contributed by atoms with Crippen LogP contribution in [0, 0.1) is 0 Å². The number of hydrogen-bond acceptors (Lipinski definition) is 6. The van der Waals surface area contributed by atoms with E-state index in [2.05, 4.69) is 33.9 Å². The molecule has 2 aromatic carbocycles. The number of benzene rings is 2. The number of aliphatic carboxylic acids is 1. The number of hydrogen-bond donors (Lipinski definition) is 1. The van der Waals surface area contributed by atoms with Gasteiger partial charge in [0.15, 0.2) is 14.4 Å². The van der Waals surface area contributed by atoms with Crippen molar-refractivity contribution in [2.75, 3.05) is 6.61 Å². The second-order valence-electron chi connectivity index (χ2n) is 12.6. The molecule has 0 aliphatic carbocycles. The summed E-state index contributed by atoms with van der Waals surface area (Å²) in [5.41, 5.74) is 0.477. The van der Waals surface area contributed by atoms with Gasteiger partial charge in [-0.2, -0.15) is 5.01 Å². The van der Waals surface area contributed by atoms with Gasteiger partial charge in [0, 0.05) is 5.92 Å². The minimum Gasteiger partial charge on any atom is -0.480 e. The zero-order chi connectivity index (χ0) is 29.9. The number of ether oxygens (including phenoxy) is 2. The van der Waals surface area contributed by atoms with Crippen molar-refractivity contribution in [2.45, 2.75) is 89.9 Å². The highest BCUT2D eigenvalue weighted by Crippen LogP contribution is 2.42. The quantitative estimate of drug-likeness (QED) is 0.383. The van der Waals surface area contributed by atoms with Crippen LogP contribution >= 0.6 is 0 Å². The van der Waals surface area contributed by atoms with Gasteiger partial charge in [0.2, 0.25) is 0 Å². The number of carboxylic acids is 1. The first-order chi connectivity index (χ1) is 18.5. The first-order valence-corrected chi connectivity index (χ1v) is 16.4. The van der Waals surface area contributed by atoms with Crippen LogP contribution in [0.1, 0.15) is 58.6 Å². The van der Waals surface area contributed by atoms with Crippen molar-refractivity contribution in [3.63, 3.8) is 0 Å². The summed E-state index contributed by atoms with van der Waals surface area (Å²) in [6.45, 7) is 15.5. The summed E-state index contributed by atoms with van der Waals surface area (Å²) in [5, 5.41) is 12.3. The largest absolute Gasteiger partial charge is 0.480 e. The molecule has 1 heterocycles. The first-order valence-electron chi connectivity index (χ1n) is 13.5. The predicted octanol–water partition coefficient (Wildman–Crippen LogP) is 6.42. The summed E-state index contributed by atoms with van der Waals surface area (Å²) in [5.74, 6) is -2.07. The minimum atomic E-state index is -2.34. The summed E-state index contributed by atoms with van der Waals surface area (Å²) in [7, 11) is -2.34. The lowest BCUT2D eigenvalue weighted by Gasteiger charge is -2.39. The molecule has 0 bridgehead atoms. The van der Waals surface area contributed by atoms with Crippen molar-refractivity contribution in [3.8, 4) is 0 Å². The zero-order valence-electron chi connectivity index (χ0n) is 24.7. The lowest BCUT2D eigenvalue weighted by Crippen LogP contribution is -2.55. The number of rotatable bonds is 7. The molecule has 10 heteroatoms. The maximum Gasteiger partial charge on any atom is 0.430 e. The van der Waals surface area contributed by atoms with E-state index in [9.17, 15) is 19.5 Å². The Morgan fingerprint density at radius 2 is 1.40 bits per heavy atom.